The van der Waals surface area contributed by atoms with Crippen LogP contribution in [0.1, 0.15) is 6.92 Å². The maximum atomic E-state index is 10.9. The van der Waals surface area contributed by atoms with Crippen LogP contribution in [0, 0.1) is 10.1 Å². The van der Waals surface area contributed by atoms with E-state index in [2.05, 4.69) is 4.98 Å². The molecule has 1 aromatic heterocycles. The standard InChI is InChI=1S/C15H13N3O3/c1-2-21-13-5-3-4-11-14(13)15(16)10-7-6-9(18(19)20)8-12(10)17-11/h3-8H,2H2,1H3,(H2,16,17). The smallest absolute Gasteiger partial charge is 0.271 e. The van der Waals surface area contributed by atoms with Crippen molar-refractivity contribution < 1.29 is 9.66 Å². The summed E-state index contributed by atoms with van der Waals surface area (Å²) >= 11 is 0. The Morgan fingerprint density at radius 1 is 1.29 bits per heavy atom. The number of nitrogen functional groups attached to an aromatic ring is 1. The molecule has 6 nitrogen and oxygen atoms in total. The zero-order valence-electron chi connectivity index (χ0n) is 11.4. The molecule has 2 N–H and O–H groups in total. The maximum Gasteiger partial charge on any atom is 0.271 e. The fourth-order valence-electron chi connectivity index (χ4n) is 2.38. The van der Waals surface area contributed by atoms with Gasteiger partial charge in [0, 0.05) is 17.5 Å². The predicted octanol–water partition coefficient (Wildman–Crippen LogP) is 3.28. The Hall–Kier alpha value is -2.89. The molecule has 106 valence electrons. The summed E-state index contributed by atoms with van der Waals surface area (Å²) in [6, 6.07) is 9.95. The van der Waals surface area contributed by atoms with Gasteiger partial charge in [-0.15, -0.1) is 0 Å². The number of anilines is 1. The second-order valence-corrected chi connectivity index (χ2v) is 4.57. The molecule has 0 radical (unpaired) electrons. The van der Waals surface area contributed by atoms with Crippen LogP contribution in [0.15, 0.2) is 36.4 Å². The first-order valence-electron chi connectivity index (χ1n) is 6.51. The fraction of sp³-hybridized carbons (Fsp3) is 0.133. The predicted molar refractivity (Wildman–Crippen MR) is 81.5 cm³/mol. The molecule has 0 spiro atoms. The minimum absolute atomic E-state index is 0.00490. The highest BCUT2D eigenvalue weighted by Gasteiger charge is 2.14. The molecule has 0 unspecified atom stereocenters. The van der Waals surface area contributed by atoms with Crippen LogP contribution >= 0.6 is 0 Å². The van der Waals surface area contributed by atoms with Crippen molar-refractivity contribution in [2.45, 2.75) is 6.92 Å². The number of aromatic nitrogens is 1. The van der Waals surface area contributed by atoms with E-state index in [4.69, 9.17) is 10.5 Å². The molecule has 0 amide bonds. The van der Waals surface area contributed by atoms with Gasteiger partial charge in [0.15, 0.2) is 0 Å². The molecule has 0 bridgehead atoms. The number of benzene rings is 2. The number of non-ortho nitro benzene ring substituents is 1. The lowest BCUT2D eigenvalue weighted by molar-refractivity contribution is -0.384. The fourth-order valence-corrected chi connectivity index (χ4v) is 2.38. The quantitative estimate of drug-likeness (QED) is 0.452. The summed E-state index contributed by atoms with van der Waals surface area (Å²) in [5.41, 5.74) is 7.90. The number of hydrogen-bond acceptors (Lipinski definition) is 5. The van der Waals surface area contributed by atoms with Gasteiger partial charge < -0.3 is 10.5 Å². The second-order valence-electron chi connectivity index (χ2n) is 4.57. The Labute approximate surface area is 120 Å². The van der Waals surface area contributed by atoms with Gasteiger partial charge in [-0.2, -0.15) is 0 Å². The van der Waals surface area contributed by atoms with Crippen LogP contribution in [0.3, 0.4) is 0 Å². The summed E-state index contributed by atoms with van der Waals surface area (Å²) in [5.74, 6) is 0.667. The van der Waals surface area contributed by atoms with Crippen LogP contribution in [-0.4, -0.2) is 16.5 Å². The first-order valence-corrected chi connectivity index (χ1v) is 6.51. The van der Waals surface area contributed by atoms with Crippen molar-refractivity contribution in [1.82, 2.24) is 4.98 Å². The van der Waals surface area contributed by atoms with Crippen LogP contribution in [-0.2, 0) is 0 Å². The molecule has 2 aromatic carbocycles. The number of nitro groups is 1. The zero-order chi connectivity index (χ0) is 15.0. The van der Waals surface area contributed by atoms with Gasteiger partial charge in [-0.1, -0.05) is 6.07 Å². The SMILES string of the molecule is CCOc1cccc2nc3cc([N+](=O)[O-])ccc3c(N)c12. The van der Waals surface area contributed by atoms with E-state index in [1.165, 1.54) is 12.1 Å². The topological polar surface area (TPSA) is 91.3 Å². The Morgan fingerprint density at radius 2 is 2.10 bits per heavy atom. The van der Waals surface area contributed by atoms with Crippen molar-refractivity contribution in [1.29, 1.82) is 0 Å². The van der Waals surface area contributed by atoms with E-state index in [0.29, 0.717) is 34.5 Å². The minimum atomic E-state index is -0.446. The first-order chi connectivity index (χ1) is 10.1. The van der Waals surface area contributed by atoms with Crippen molar-refractivity contribution in [3.05, 3.63) is 46.5 Å². The number of ether oxygens (including phenoxy) is 1. The van der Waals surface area contributed by atoms with Gasteiger partial charge in [-0.25, -0.2) is 4.98 Å². The molecular weight excluding hydrogens is 270 g/mol. The lowest BCUT2D eigenvalue weighted by atomic mass is 10.1. The Morgan fingerprint density at radius 3 is 2.81 bits per heavy atom. The lowest BCUT2D eigenvalue weighted by Crippen LogP contribution is -1.98. The minimum Gasteiger partial charge on any atom is -0.493 e. The van der Waals surface area contributed by atoms with Crippen LogP contribution in [0.5, 0.6) is 5.75 Å². The molecule has 0 saturated carbocycles. The highest BCUT2D eigenvalue weighted by atomic mass is 16.6. The molecule has 0 fully saturated rings. The molecule has 0 aliphatic carbocycles. The molecule has 1 heterocycles. The van der Waals surface area contributed by atoms with Crippen molar-refractivity contribution in [2.75, 3.05) is 12.3 Å². The Bertz CT molecular complexity index is 862. The molecular formula is C15H13N3O3. The monoisotopic (exact) mass is 283 g/mol. The van der Waals surface area contributed by atoms with E-state index in [9.17, 15) is 10.1 Å². The van der Waals surface area contributed by atoms with Crippen molar-refractivity contribution >= 4 is 33.2 Å². The zero-order valence-corrected chi connectivity index (χ0v) is 11.4. The summed E-state index contributed by atoms with van der Waals surface area (Å²) in [5, 5.41) is 12.3. The van der Waals surface area contributed by atoms with Gasteiger partial charge >= 0.3 is 0 Å². The van der Waals surface area contributed by atoms with Crippen LogP contribution in [0.25, 0.3) is 21.8 Å². The van der Waals surface area contributed by atoms with E-state index >= 15 is 0 Å². The van der Waals surface area contributed by atoms with E-state index < -0.39 is 4.92 Å². The van der Waals surface area contributed by atoms with Gasteiger partial charge in [0.2, 0.25) is 0 Å². The van der Waals surface area contributed by atoms with Gasteiger partial charge in [-0.3, -0.25) is 10.1 Å². The third-order valence-corrected chi connectivity index (χ3v) is 3.30. The average Bonchev–Trinajstić information content (AvgIpc) is 2.47. The number of nitrogens with zero attached hydrogens (tertiary/aromatic N) is 2. The maximum absolute atomic E-state index is 10.9. The van der Waals surface area contributed by atoms with Crippen molar-refractivity contribution in [2.24, 2.45) is 0 Å². The molecule has 3 aromatic rings. The number of fused-ring (bicyclic) bond motifs is 2. The summed E-state index contributed by atoms with van der Waals surface area (Å²) in [7, 11) is 0. The first kappa shape index (κ1) is 13.1. The largest absolute Gasteiger partial charge is 0.493 e. The molecule has 0 atom stereocenters. The average molecular weight is 283 g/mol. The van der Waals surface area contributed by atoms with Crippen LogP contribution < -0.4 is 10.5 Å². The van der Waals surface area contributed by atoms with Gasteiger partial charge in [0.1, 0.15) is 5.75 Å². The van der Waals surface area contributed by atoms with Gasteiger partial charge in [-0.05, 0) is 25.1 Å². The number of hydrogen-bond donors (Lipinski definition) is 1. The molecule has 0 aliphatic rings. The highest BCUT2D eigenvalue weighted by molar-refractivity contribution is 6.09. The van der Waals surface area contributed by atoms with E-state index in [1.807, 2.05) is 25.1 Å². The van der Waals surface area contributed by atoms with E-state index in [1.54, 1.807) is 6.07 Å². The molecule has 3 rings (SSSR count). The van der Waals surface area contributed by atoms with Crippen molar-refractivity contribution in [3.8, 4) is 5.75 Å². The van der Waals surface area contributed by atoms with Crippen molar-refractivity contribution in [3.63, 3.8) is 0 Å². The number of nitro benzene ring substituents is 1. The summed E-state index contributed by atoms with van der Waals surface area (Å²) in [6.07, 6.45) is 0. The number of rotatable bonds is 3. The normalized spacial score (nSPS) is 10.9. The molecule has 6 heteroatoms. The second kappa shape index (κ2) is 4.90. The van der Waals surface area contributed by atoms with E-state index in [-0.39, 0.29) is 5.69 Å². The lowest BCUT2D eigenvalue weighted by Gasteiger charge is -2.11. The molecule has 0 saturated heterocycles. The Kier molecular flexibility index (Phi) is 3.06. The number of nitrogens with two attached hydrogens (primary N) is 1. The third kappa shape index (κ3) is 2.10. The van der Waals surface area contributed by atoms with Gasteiger partial charge in [0.05, 0.1) is 33.6 Å². The number of pyridine rings is 1. The summed E-state index contributed by atoms with van der Waals surface area (Å²) in [4.78, 5) is 14.9. The third-order valence-electron chi connectivity index (χ3n) is 3.30. The molecule has 0 aliphatic heterocycles. The Balaban J connectivity index is 2.37. The van der Waals surface area contributed by atoms with Crippen LogP contribution in [0.2, 0.25) is 0 Å². The highest BCUT2D eigenvalue weighted by Crippen LogP contribution is 2.35. The van der Waals surface area contributed by atoms with Gasteiger partial charge in [0.25, 0.3) is 5.69 Å². The summed E-state index contributed by atoms with van der Waals surface area (Å²) < 4.78 is 5.58. The summed E-state index contributed by atoms with van der Waals surface area (Å²) in [6.45, 7) is 2.42. The molecule has 21 heavy (non-hydrogen) atoms. The van der Waals surface area contributed by atoms with Crippen LogP contribution in [0.4, 0.5) is 11.4 Å². The van der Waals surface area contributed by atoms with E-state index in [0.717, 1.165) is 5.39 Å².